The minimum Gasteiger partial charge on any atom is -0.439 e. The van der Waals surface area contributed by atoms with Crippen molar-refractivity contribution in [3.8, 4) is 5.88 Å². The van der Waals surface area contributed by atoms with E-state index in [1.807, 2.05) is 12.4 Å². The predicted molar refractivity (Wildman–Crippen MR) is 153 cm³/mol. The molecule has 0 N–H and O–H groups in total. The summed E-state index contributed by atoms with van der Waals surface area (Å²) in [4.78, 5) is 6.86. The third-order valence-electron chi connectivity index (χ3n) is 8.43. The first-order chi connectivity index (χ1) is 18.3. The summed E-state index contributed by atoms with van der Waals surface area (Å²) in [5, 5.41) is 3.65. The normalized spacial score (nSPS) is 17.4. The molecule has 5 heterocycles. The highest BCUT2D eigenvalue weighted by molar-refractivity contribution is 7.01. The quantitative estimate of drug-likeness (QED) is 0.287. The van der Waals surface area contributed by atoms with Gasteiger partial charge >= 0.3 is 0 Å². The van der Waals surface area contributed by atoms with Crippen molar-refractivity contribution < 1.29 is 4.42 Å². The fraction of sp³-hybridized carbons (Fsp3) is 0.0938. The highest BCUT2D eigenvalue weighted by Crippen LogP contribution is 2.42. The van der Waals surface area contributed by atoms with E-state index in [0.717, 1.165) is 23.3 Å². The molecule has 1 unspecified atom stereocenters. The molecule has 3 aliphatic rings. The summed E-state index contributed by atoms with van der Waals surface area (Å²) in [7, 11) is 0. The van der Waals surface area contributed by atoms with Gasteiger partial charge in [-0.3, -0.25) is 9.55 Å². The van der Waals surface area contributed by atoms with Crippen LogP contribution in [0.5, 0.6) is 0 Å². The van der Waals surface area contributed by atoms with E-state index in [0.29, 0.717) is 5.92 Å². The van der Waals surface area contributed by atoms with Crippen LogP contribution in [-0.4, -0.2) is 16.3 Å². The number of hydrogen-bond acceptors (Lipinski definition) is 3. The van der Waals surface area contributed by atoms with E-state index in [1.54, 1.807) is 0 Å². The number of aromatic nitrogens is 2. The molecule has 174 valence electrons. The Kier molecular flexibility index (Phi) is 3.63. The molecule has 0 saturated heterocycles. The van der Waals surface area contributed by atoms with Crippen LogP contribution in [0.3, 0.4) is 0 Å². The lowest BCUT2D eigenvalue weighted by molar-refractivity contribution is 0.591. The number of furan rings is 1. The maximum absolute atomic E-state index is 6.63. The Labute approximate surface area is 214 Å². The molecule has 0 spiro atoms. The molecule has 0 amide bonds. The largest absolute Gasteiger partial charge is 0.439 e. The second-order valence-corrected chi connectivity index (χ2v) is 10.5. The zero-order valence-corrected chi connectivity index (χ0v) is 20.3. The summed E-state index contributed by atoms with van der Waals surface area (Å²) in [6, 6.07) is 24.3. The number of nitrogens with zero attached hydrogens (tertiary/aromatic N) is 3. The fourth-order valence-corrected chi connectivity index (χ4v) is 6.85. The molecule has 1 atom stereocenters. The zero-order valence-electron chi connectivity index (χ0n) is 20.3. The predicted octanol–water partition coefficient (Wildman–Crippen LogP) is 5.69. The summed E-state index contributed by atoms with van der Waals surface area (Å²) in [6.45, 7) is 2.35. The van der Waals surface area contributed by atoms with E-state index in [1.165, 1.54) is 55.3 Å². The lowest BCUT2D eigenvalue weighted by Gasteiger charge is -2.39. The van der Waals surface area contributed by atoms with Gasteiger partial charge in [0.25, 0.3) is 6.71 Å². The monoisotopic (exact) mass is 475 g/mol. The SMILES string of the molecule is CC1C=CC(N2c3ccccc3B3c4c(oc5cnccc45)-n4c5ccccc5c5ccc2c3c54)=CC1. The van der Waals surface area contributed by atoms with Crippen LogP contribution in [-0.2, 0) is 0 Å². The highest BCUT2D eigenvalue weighted by atomic mass is 16.4. The molecule has 0 saturated carbocycles. The number of fused-ring (bicyclic) bond motifs is 10. The van der Waals surface area contributed by atoms with Gasteiger partial charge in [-0.05, 0) is 53.6 Å². The van der Waals surface area contributed by atoms with E-state index in [9.17, 15) is 0 Å². The lowest BCUT2D eigenvalue weighted by atomic mass is 9.34. The Bertz CT molecular complexity index is 2010. The van der Waals surface area contributed by atoms with Crippen molar-refractivity contribution in [2.75, 3.05) is 4.90 Å². The first-order valence-electron chi connectivity index (χ1n) is 13.0. The van der Waals surface area contributed by atoms with Crippen LogP contribution in [0, 0.1) is 5.92 Å². The van der Waals surface area contributed by atoms with E-state index in [4.69, 9.17) is 4.42 Å². The van der Waals surface area contributed by atoms with Crippen molar-refractivity contribution in [3.63, 3.8) is 0 Å². The van der Waals surface area contributed by atoms with Crippen LogP contribution in [0.1, 0.15) is 13.3 Å². The van der Waals surface area contributed by atoms with Crippen molar-refractivity contribution >= 4 is 67.3 Å². The average Bonchev–Trinajstić information content (AvgIpc) is 3.49. The van der Waals surface area contributed by atoms with Gasteiger partial charge in [0.2, 0.25) is 5.88 Å². The van der Waals surface area contributed by atoms with Crippen LogP contribution < -0.4 is 21.3 Å². The standard InChI is InChI=1S/C32H22BN3O/c1-19-10-12-20(13-11-19)35-26-9-5-3-7-24(26)33-29-23-16-17-34-18-28(23)37-32(29)36-25-8-4-2-6-21(25)22-14-15-27(35)30(33)31(22)36/h2-10,12-19H,11H2,1H3. The van der Waals surface area contributed by atoms with Crippen molar-refractivity contribution in [3.05, 3.63) is 103 Å². The van der Waals surface area contributed by atoms with E-state index in [-0.39, 0.29) is 6.71 Å². The van der Waals surface area contributed by atoms with Gasteiger partial charge in [0, 0.05) is 44.9 Å². The van der Waals surface area contributed by atoms with Crippen LogP contribution in [0.2, 0.25) is 0 Å². The topological polar surface area (TPSA) is 34.2 Å². The number of anilines is 2. The van der Waals surface area contributed by atoms with E-state index < -0.39 is 0 Å². The third kappa shape index (κ3) is 2.37. The number of para-hydroxylation sites is 2. The van der Waals surface area contributed by atoms with Crippen molar-refractivity contribution in [2.45, 2.75) is 13.3 Å². The molecular formula is C32H22BN3O. The maximum Gasteiger partial charge on any atom is 0.257 e. The molecule has 0 fully saturated rings. The first kappa shape index (κ1) is 19.7. The second kappa shape index (κ2) is 6.83. The molecule has 3 aromatic heterocycles. The summed E-state index contributed by atoms with van der Waals surface area (Å²) in [5.74, 6) is 1.48. The van der Waals surface area contributed by atoms with E-state index in [2.05, 4.69) is 106 Å². The van der Waals surface area contributed by atoms with Crippen LogP contribution in [0.15, 0.2) is 107 Å². The molecule has 4 nitrogen and oxygen atoms in total. The van der Waals surface area contributed by atoms with Gasteiger partial charge in [0.05, 0.1) is 17.2 Å². The minimum atomic E-state index is 0.0775. The molecular weight excluding hydrogens is 453 g/mol. The van der Waals surface area contributed by atoms with Gasteiger partial charge in [-0.2, -0.15) is 0 Å². The van der Waals surface area contributed by atoms with Gasteiger partial charge in [0.15, 0.2) is 5.58 Å². The molecule has 5 heteroatoms. The van der Waals surface area contributed by atoms with Crippen LogP contribution in [0.25, 0.3) is 38.7 Å². The van der Waals surface area contributed by atoms with Crippen molar-refractivity contribution in [1.29, 1.82) is 0 Å². The lowest BCUT2D eigenvalue weighted by Crippen LogP contribution is -2.60. The molecule has 9 rings (SSSR count). The highest BCUT2D eigenvalue weighted by Gasteiger charge is 2.44. The molecule has 2 aliphatic heterocycles. The second-order valence-electron chi connectivity index (χ2n) is 10.5. The Morgan fingerprint density at radius 1 is 0.892 bits per heavy atom. The van der Waals surface area contributed by atoms with Gasteiger partial charge in [0.1, 0.15) is 0 Å². The Morgan fingerprint density at radius 2 is 1.78 bits per heavy atom. The van der Waals surface area contributed by atoms with Gasteiger partial charge < -0.3 is 9.32 Å². The Hall–Kier alpha value is -4.51. The number of pyridine rings is 1. The van der Waals surface area contributed by atoms with Gasteiger partial charge in [-0.15, -0.1) is 0 Å². The molecule has 6 aromatic rings. The summed E-state index contributed by atoms with van der Waals surface area (Å²) < 4.78 is 8.99. The number of benzene rings is 3. The first-order valence-corrected chi connectivity index (χ1v) is 13.0. The van der Waals surface area contributed by atoms with Crippen molar-refractivity contribution in [1.82, 2.24) is 9.55 Å². The smallest absolute Gasteiger partial charge is 0.257 e. The molecule has 37 heavy (non-hydrogen) atoms. The summed E-state index contributed by atoms with van der Waals surface area (Å²) in [5.41, 5.74) is 10.9. The summed E-state index contributed by atoms with van der Waals surface area (Å²) in [6.07, 6.45) is 11.8. The van der Waals surface area contributed by atoms with Gasteiger partial charge in [-0.1, -0.05) is 61.5 Å². The fourth-order valence-electron chi connectivity index (χ4n) is 6.85. The number of rotatable bonds is 1. The maximum atomic E-state index is 6.63. The molecule has 0 radical (unpaired) electrons. The molecule has 0 bridgehead atoms. The third-order valence-corrected chi connectivity index (χ3v) is 8.43. The Morgan fingerprint density at radius 3 is 2.70 bits per heavy atom. The molecule has 3 aromatic carbocycles. The number of allylic oxidation sites excluding steroid dienone is 3. The van der Waals surface area contributed by atoms with Crippen LogP contribution >= 0.6 is 0 Å². The van der Waals surface area contributed by atoms with Crippen LogP contribution in [0.4, 0.5) is 11.4 Å². The average molecular weight is 475 g/mol. The summed E-state index contributed by atoms with van der Waals surface area (Å²) >= 11 is 0. The molecule has 1 aliphatic carbocycles. The van der Waals surface area contributed by atoms with Crippen molar-refractivity contribution in [2.24, 2.45) is 5.92 Å². The zero-order chi connectivity index (χ0) is 24.2. The minimum absolute atomic E-state index is 0.0775. The van der Waals surface area contributed by atoms with E-state index >= 15 is 0 Å². The number of hydrogen-bond donors (Lipinski definition) is 0. The van der Waals surface area contributed by atoms with Gasteiger partial charge in [-0.25, -0.2) is 0 Å². The Balaban J connectivity index is 1.49.